The number of rotatable bonds is 5. The monoisotopic (exact) mass is 442 g/mol. The van der Waals surface area contributed by atoms with Gasteiger partial charge < -0.3 is 15.0 Å². The van der Waals surface area contributed by atoms with Crippen LogP contribution in [0.2, 0.25) is 0 Å². The van der Waals surface area contributed by atoms with Crippen molar-refractivity contribution in [1.82, 2.24) is 29.8 Å². The fourth-order valence-electron chi connectivity index (χ4n) is 4.70. The Morgan fingerprint density at radius 2 is 1.91 bits per heavy atom. The van der Waals surface area contributed by atoms with Crippen molar-refractivity contribution in [2.45, 2.75) is 31.2 Å². The maximum Gasteiger partial charge on any atom is 0.225 e. The lowest BCUT2D eigenvalue weighted by Gasteiger charge is -2.23. The quantitative estimate of drug-likeness (QED) is 0.504. The molecular weight excluding hydrogens is 416 g/mol. The van der Waals surface area contributed by atoms with Gasteiger partial charge in [-0.3, -0.25) is 0 Å². The van der Waals surface area contributed by atoms with Crippen LogP contribution in [0.25, 0.3) is 16.9 Å². The first-order chi connectivity index (χ1) is 16.3. The number of benzene rings is 1. The molecule has 0 radical (unpaired) electrons. The molecule has 168 valence electrons. The molecule has 0 aliphatic carbocycles. The van der Waals surface area contributed by atoms with E-state index in [1.807, 2.05) is 24.4 Å². The van der Waals surface area contributed by atoms with Crippen LogP contribution < -0.4 is 10.2 Å². The van der Waals surface area contributed by atoms with E-state index >= 15 is 0 Å². The molecule has 3 aromatic heterocycles. The van der Waals surface area contributed by atoms with Crippen LogP contribution in [0.3, 0.4) is 0 Å². The summed E-state index contributed by atoms with van der Waals surface area (Å²) in [7, 11) is 0. The molecule has 9 nitrogen and oxygen atoms in total. The maximum atomic E-state index is 5.51. The highest BCUT2D eigenvalue weighted by atomic mass is 16.5. The number of anilines is 2. The van der Waals surface area contributed by atoms with E-state index in [1.54, 1.807) is 10.8 Å². The average Bonchev–Trinajstić information content (AvgIpc) is 3.55. The lowest BCUT2D eigenvalue weighted by Crippen LogP contribution is -2.28. The fraction of sp³-hybridized carbons (Fsp3) is 0.375. The normalized spacial score (nSPS) is 19.3. The molecular formula is C24H26N8O. The number of nitrogens with one attached hydrogen (secondary N) is 1. The largest absolute Gasteiger partial charge is 0.381 e. The minimum absolute atomic E-state index is 0.256. The van der Waals surface area contributed by atoms with Crippen LogP contribution in [-0.4, -0.2) is 62.1 Å². The van der Waals surface area contributed by atoms with E-state index in [9.17, 15) is 0 Å². The molecule has 0 saturated carbocycles. The van der Waals surface area contributed by atoms with Crippen molar-refractivity contribution in [1.29, 1.82) is 0 Å². The molecule has 1 unspecified atom stereocenters. The van der Waals surface area contributed by atoms with Gasteiger partial charge in [0.2, 0.25) is 11.6 Å². The Morgan fingerprint density at radius 1 is 1.03 bits per heavy atom. The van der Waals surface area contributed by atoms with Gasteiger partial charge in [0.15, 0.2) is 0 Å². The summed E-state index contributed by atoms with van der Waals surface area (Å²) < 4.78 is 7.24. The Balaban J connectivity index is 1.21. The first kappa shape index (κ1) is 20.0. The van der Waals surface area contributed by atoms with E-state index < -0.39 is 0 Å². The molecule has 0 bridgehead atoms. The van der Waals surface area contributed by atoms with Crippen molar-refractivity contribution < 1.29 is 4.74 Å². The number of ether oxygens (including phenoxy) is 1. The number of aromatic nitrogens is 6. The van der Waals surface area contributed by atoms with Crippen LogP contribution in [0.1, 0.15) is 30.9 Å². The SMILES string of the molecule is c1ccc(-c2cc(NC3CCN(c4nccc(C5CCOCC5)n4)C3)c3nncn3n2)cc1. The molecule has 1 aromatic carbocycles. The molecule has 2 aliphatic heterocycles. The van der Waals surface area contributed by atoms with E-state index in [4.69, 9.17) is 9.72 Å². The molecule has 9 heteroatoms. The smallest absolute Gasteiger partial charge is 0.225 e. The molecule has 1 N–H and O–H groups in total. The Morgan fingerprint density at radius 3 is 2.79 bits per heavy atom. The van der Waals surface area contributed by atoms with Crippen LogP contribution in [-0.2, 0) is 4.74 Å². The Labute approximate surface area is 191 Å². The summed E-state index contributed by atoms with van der Waals surface area (Å²) in [6.07, 6.45) is 6.59. The summed E-state index contributed by atoms with van der Waals surface area (Å²) in [6, 6.07) is 14.5. The average molecular weight is 443 g/mol. The van der Waals surface area contributed by atoms with Crippen molar-refractivity contribution in [2.24, 2.45) is 0 Å². The third-order valence-corrected chi connectivity index (χ3v) is 6.47. The standard InChI is InChI=1S/C24H26N8O/c1-2-4-17(5-3-1)21-14-22(23-29-26-16-32(23)30-21)27-19-7-11-31(15-19)24-25-10-6-20(28-24)18-8-12-33-13-9-18/h1-6,10,14,16,18-19,27H,7-9,11-13,15H2. The third-order valence-electron chi connectivity index (χ3n) is 6.47. The molecule has 33 heavy (non-hydrogen) atoms. The van der Waals surface area contributed by atoms with Crippen LogP contribution in [0, 0.1) is 0 Å². The molecule has 2 aliphatic rings. The second-order valence-corrected chi connectivity index (χ2v) is 8.65. The molecule has 2 saturated heterocycles. The predicted octanol–water partition coefficient (Wildman–Crippen LogP) is 3.17. The zero-order valence-corrected chi connectivity index (χ0v) is 18.3. The minimum atomic E-state index is 0.256. The molecule has 0 amide bonds. The van der Waals surface area contributed by atoms with Gasteiger partial charge >= 0.3 is 0 Å². The summed E-state index contributed by atoms with van der Waals surface area (Å²) >= 11 is 0. The van der Waals surface area contributed by atoms with Crippen molar-refractivity contribution >= 4 is 17.3 Å². The van der Waals surface area contributed by atoms with E-state index in [2.05, 4.69) is 54.8 Å². The van der Waals surface area contributed by atoms with Crippen molar-refractivity contribution in [3.8, 4) is 11.3 Å². The van der Waals surface area contributed by atoms with Crippen LogP contribution in [0.4, 0.5) is 11.6 Å². The van der Waals surface area contributed by atoms with Gasteiger partial charge in [-0.2, -0.15) is 9.61 Å². The number of fused-ring (bicyclic) bond motifs is 1. The summed E-state index contributed by atoms with van der Waals surface area (Å²) in [4.78, 5) is 11.7. The number of hydrogen-bond acceptors (Lipinski definition) is 8. The first-order valence-corrected chi connectivity index (χ1v) is 11.5. The second kappa shape index (κ2) is 8.74. The topological polar surface area (TPSA) is 93.4 Å². The summed E-state index contributed by atoms with van der Waals surface area (Å²) in [5.41, 5.74) is 4.73. The third kappa shape index (κ3) is 4.11. The van der Waals surface area contributed by atoms with Gasteiger partial charge in [0, 0.05) is 55.7 Å². The first-order valence-electron chi connectivity index (χ1n) is 11.5. The van der Waals surface area contributed by atoms with Crippen LogP contribution in [0.5, 0.6) is 0 Å². The van der Waals surface area contributed by atoms with Crippen molar-refractivity contribution in [3.05, 3.63) is 60.7 Å². The molecule has 1 atom stereocenters. The van der Waals surface area contributed by atoms with Crippen molar-refractivity contribution in [3.63, 3.8) is 0 Å². The molecule has 5 heterocycles. The van der Waals surface area contributed by atoms with Gasteiger partial charge in [-0.25, -0.2) is 9.97 Å². The Bertz CT molecular complexity index is 1240. The van der Waals surface area contributed by atoms with Gasteiger partial charge in [0.25, 0.3) is 0 Å². The lowest BCUT2D eigenvalue weighted by molar-refractivity contribution is 0.0845. The van der Waals surface area contributed by atoms with E-state index in [-0.39, 0.29) is 6.04 Å². The highest BCUT2D eigenvalue weighted by Gasteiger charge is 2.26. The van der Waals surface area contributed by atoms with Gasteiger partial charge in [0.1, 0.15) is 6.33 Å². The molecule has 6 rings (SSSR count). The van der Waals surface area contributed by atoms with E-state index in [0.29, 0.717) is 5.92 Å². The Hall–Kier alpha value is -3.59. The van der Waals surface area contributed by atoms with Gasteiger partial charge in [-0.05, 0) is 31.4 Å². The second-order valence-electron chi connectivity index (χ2n) is 8.65. The number of hydrogen-bond donors (Lipinski definition) is 1. The minimum Gasteiger partial charge on any atom is -0.381 e. The number of nitrogens with zero attached hydrogens (tertiary/aromatic N) is 7. The van der Waals surface area contributed by atoms with Crippen LogP contribution >= 0.6 is 0 Å². The van der Waals surface area contributed by atoms with E-state index in [0.717, 1.165) is 79.8 Å². The van der Waals surface area contributed by atoms with E-state index in [1.165, 1.54) is 0 Å². The van der Waals surface area contributed by atoms with Crippen molar-refractivity contribution in [2.75, 3.05) is 36.5 Å². The van der Waals surface area contributed by atoms with Gasteiger partial charge in [-0.15, -0.1) is 10.2 Å². The lowest BCUT2D eigenvalue weighted by atomic mass is 9.96. The molecule has 4 aromatic rings. The van der Waals surface area contributed by atoms with Crippen LogP contribution in [0.15, 0.2) is 55.0 Å². The van der Waals surface area contributed by atoms with Gasteiger partial charge in [-0.1, -0.05) is 30.3 Å². The highest BCUT2D eigenvalue weighted by Crippen LogP contribution is 2.28. The zero-order valence-electron chi connectivity index (χ0n) is 18.3. The maximum absolute atomic E-state index is 5.51. The van der Waals surface area contributed by atoms with Gasteiger partial charge in [0.05, 0.1) is 11.4 Å². The summed E-state index contributed by atoms with van der Waals surface area (Å²) in [6.45, 7) is 3.37. The fourth-order valence-corrected chi connectivity index (χ4v) is 4.70. The predicted molar refractivity (Wildman–Crippen MR) is 125 cm³/mol. The Kier molecular flexibility index (Phi) is 5.31. The zero-order chi connectivity index (χ0) is 22.0. The molecule has 2 fully saturated rings. The molecule has 0 spiro atoms. The highest BCUT2D eigenvalue weighted by molar-refractivity contribution is 5.73. The summed E-state index contributed by atoms with van der Waals surface area (Å²) in [5.74, 6) is 1.28. The summed E-state index contributed by atoms with van der Waals surface area (Å²) in [5, 5.41) is 16.7.